The van der Waals surface area contributed by atoms with E-state index in [0.717, 1.165) is 49.3 Å². The maximum atomic E-state index is 6.11. The molecule has 3 heteroatoms. The second-order valence-electron chi connectivity index (χ2n) is 6.26. The number of methoxy groups -OCH3 is 1. The van der Waals surface area contributed by atoms with Crippen molar-refractivity contribution in [3.8, 4) is 5.75 Å². The van der Waals surface area contributed by atoms with Crippen LogP contribution >= 0.6 is 0 Å². The summed E-state index contributed by atoms with van der Waals surface area (Å²) in [7, 11) is 1.70. The number of furan rings is 1. The summed E-state index contributed by atoms with van der Waals surface area (Å²) in [5.74, 6) is 2.30. The van der Waals surface area contributed by atoms with Crippen LogP contribution in [0, 0.1) is 0 Å². The molecule has 2 aromatic rings. The Balaban J connectivity index is 1.91. The Bertz CT molecular complexity index is 739. The molecule has 0 spiro atoms. The SMILES string of the molecule is CCC(C)c1cc2c(CCC3=CC=NCC3)ccc(OC)c2o1. The third-order valence-corrected chi connectivity index (χ3v) is 4.77. The maximum absolute atomic E-state index is 6.11. The summed E-state index contributed by atoms with van der Waals surface area (Å²) in [5, 5.41) is 1.20. The van der Waals surface area contributed by atoms with Crippen LogP contribution in [0.1, 0.15) is 50.4 Å². The molecular formula is C20H25NO2. The Morgan fingerprint density at radius 1 is 1.30 bits per heavy atom. The highest BCUT2D eigenvalue weighted by molar-refractivity contribution is 5.87. The first kappa shape index (κ1) is 15.9. The zero-order valence-electron chi connectivity index (χ0n) is 14.3. The Hall–Kier alpha value is -2.03. The zero-order valence-corrected chi connectivity index (χ0v) is 14.3. The molecule has 1 aliphatic rings. The molecule has 1 unspecified atom stereocenters. The van der Waals surface area contributed by atoms with E-state index in [2.05, 4.69) is 37.0 Å². The van der Waals surface area contributed by atoms with Crippen molar-refractivity contribution in [2.75, 3.05) is 13.7 Å². The summed E-state index contributed by atoms with van der Waals surface area (Å²) < 4.78 is 11.6. The number of ether oxygens (including phenoxy) is 1. The van der Waals surface area contributed by atoms with Crippen LogP contribution in [0.15, 0.2) is 39.3 Å². The van der Waals surface area contributed by atoms with Crippen LogP contribution in [-0.2, 0) is 6.42 Å². The largest absolute Gasteiger partial charge is 0.493 e. The van der Waals surface area contributed by atoms with E-state index in [4.69, 9.17) is 9.15 Å². The van der Waals surface area contributed by atoms with Crippen molar-refractivity contribution in [1.82, 2.24) is 0 Å². The number of rotatable bonds is 6. The number of aryl methyl sites for hydroxylation is 1. The van der Waals surface area contributed by atoms with Crippen LogP contribution in [0.25, 0.3) is 11.0 Å². The summed E-state index contributed by atoms with van der Waals surface area (Å²) in [6.45, 7) is 5.32. The quantitative estimate of drug-likeness (QED) is 0.726. The number of hydrogen-bond acceptors (Lipinski definition) is 3. The molecular weight excluding hydrogens is 286 g/mol. The molecule has 0 radical (unpaired) electrons. The van der Waals surface area contributed by atoms with Crippen molar-refractivity contribution >= 4 is 17.2 Å². The molecule has 122 valence electrons. The molecule has 0 fully saturated rings. The van der Waals surface area contributed by atoms with Gasteiger partial charge >= 0.3 is 0 Å². The van der Waals surface area contributed by atoms with Gasteiger partial charge in [0.05, 0.1) is 7.11 Å². The van der Waals surface area contributed by atoms with Gasteiger partial charge in [-0.2, -0.15) is 0 Å². The summed E-state index contributed by atoms with van der Waals surface area (Å²) in [6.07, 6.45) is 8.35. The third kappa shape index (κ3) is 3.34. The van der Waals surface area contributed by atoms with Crippen molar-refractivity contribution in [1.29, 1.82) is 0 Å². The van der Waals surface area contributed by atoms with E-state index in [1.54, 1.807) is 7.11 Å². The Labute approximate surface area is 138 Å². The molecule has 23 heavy (non-hydrogen) atoms. The highest BCUT2D eigenvalue weighted by Crippen LogP contribution is 2.35. The van der Waals surface area contributed by atoms with E-state index in [9.17, 15) is 0 Å². The van der Waals surface area contributed by atoms with Gasteiger partial charge in [0.15, 0.2) is 11.3 Å². The highest BCUT2D eigenvalue weighted by atomic mass is 16.5. The van der Waals surface area contributed by atoms with Gasteiger partial charge in [0, 0.05) is 24.1 Å². The van der Waals surface area contributed by atoms with E-state index >= 15 is 0 Å². The van der Waals surface area contributed by atoms with Gasteiger partial charge in [-0.15, -0.1) is 0 Å². The van der Waals surface area contributed by atoms with Crippen molar-refractivity contribution in [2.24, 2.45) is 4.99 Å². The molecule has 0 saturated carbocycles. The normalized spacial score (nSPS) is 15.7. The number of hydrogen-bond donors (Lipinski definition) is 0. The van der Waals surface area contributed by atoms with Gasteiger partial charge in [-0.25, -0.2) is 0 Å². The van der Waals surface area contributed by atoms with Crippen LogP contribution in [0.4, 0.5) is 0 Å². The fourth-order valence-corrected chi connectivity index (χ4v) is 3.02. The van der Waals surface area contributed by atoms with E-state index < -0.39 is 0 Å². The van der Waals surface area contributed by atoms with Gasteiger partial charge in [0.1, 0.15) is 5.76 Å². The van der Waals surface area contributed by atoms with Gasteiger partial charge < -0.3 is 9.15 Å². The summed E-state index contributed by atoms with van der Waals surface area (Å²) in [6, 6.07) is 6.41. The lowest BCUT2D eigenvalue weighted by Gasteiger charge is -2.10. The zero-order chi connectivity index (χ0) is 16.2. The van der Waals surface area contributed by atoms with E-state index in [1.165, 1.54) is 16.5 Å². The fraction of sp³-hybridized carbons (Fsp3) is 0.450. The predicted octanol–water partition coefficient (Wildman–Crippen LogP) is 5.29. The van der Waals surface area contributed by atoms with Gasteiger partial charge in [0.25, 0.3) is 0 Å². The van der Waals surface area contributed by atoms with E-state index in [0.29, 0.717) is 5.92 Å². The fourth-order valence-electron chi connectivity index (χ4n) is 3.02. The van der Waals surface area contributed by atoms with Crippen molar-refractivity contribution in [3.63, 3.8) is 0 Å². The molecule has 1 atom stereocenters. The van der Waals surface area contributed by atoms with Crippen molar-refractivity contribution in [3.05, 3.63) is 41.2 Å². The number of benzene rings is 1. The minimum Gasteiger partial charge on any atom is -0.493 e. The smallest absolute Gasteiger partial charge is 0.176 e. The predicted molar refractivity (Wildman–Crippen MR) is 95.9 cm³/mol. The van der Waals surface area contributed by atoms with E-state index in [1.807, 2.05) is 12.3 Å². The Morgan fingerprint density at radius 3 is 2.87 bits per heavy atom. The van der Waals surface area contributed by atoms with Crippen molar-refractivity contribution < 1.29 is 9.15 Å². The van der Waals surface area contributed by atoms with Gasteiger partial charge in [-0.3, -0.25) is 4.99 Å². The molecule has 1 aromatic heterocycles. The van der Waals surface area contributed by atoms with Crippen LogP contribution in [0.5, 0.6) is 5.75 Å². The standard InChI is InChI=1S/C20H25NO2/c1-4-14(2)19-13-17-16(6-5-15-9-11-21-12-10-15)7-8-18(22-3)20(17)23-19/h7-9,11,13-14H,4-6,10,12H2,1-3H3. The van der Waals surface area contributed by atoms with Gasteiger partial charge in [-0.05, 0) is 49.5 Å². The molecule has 2 heterocycles. The molecule has 0 amide bonds. The monoisotopic (exact) mass is 311 g/mol. The van der Waals surface area contributed by atoms with Crippen molar-refractivity contribution in [2.45, 2.75) is 45.4 Å². The lowest BCUT2D eigenvalue weighted by Crippen LogP contribution is -1.97. The van der Waals surface area contributed by atoms with Crippen LogP contribution in [0.3, 0.4) is 0 Å². The first-order valence-corrected chi connectivity index (χ1v) is 8.50. The first-order valence-electron chi connectivity index (χ1n) is 8.50. The average Bonchev–Trinajstić information content (AvgIpc) is 3.05. The summed E-state index contributed by atoms with van der Waals surface area (Å²) >= 11 is 0. The minimum absolute atomic E-state index is 0.428. The molecule has 0 N–H and O–H groups in total. The van der Waals surface area contributed by atoms with Gasteiger partial charge in [-0.1, -0.05) is 25.5 Å². The third-order valence-electron chi connectivity index (χ3n) is 4.77. The Kier molecular flexibility index (Phi) is 4.85. The summed E-state index contributed by atoms with van der Waals surface area (Å²) in [4.78, 5) is 4.25. The van der Waals surface area contributed by atoms with Crippen LogP contribution in [0.2, 0.25) is 0 Å². The number of fused-ring (bicyclic) bond motifs is 1. The molecule has 1 aliphatic heterocycles. The topological polar surface area (TPSA) is 34.7 Å². The molecule has 0 saturated heterocycles. The second-order valence-corrected chi connectivity index (χ2v) is 6.26. The number of allylic oxidation sites excluding steroid dienone is 1. The number of aliphatic imine (C=N–C) groups is 1. The highest BCUT2D eigenvalue weighted by Gasteiger charge is 2.16. The number of nitrogens with zero attached hydrogens (tertiary/aromatic N) is 1. The number of dihydropyridines is 1. The molecule has 1 aromatic carbocycles. The lowest BCUT2D eigenvalue weighted by atomic mass is 9.98. The summed E-state index contributed by atoms with van der Waals surface area (Å²) in [5.41, 5.74) is 3.71. The molecule has 0 aliphatic carbocycles. The lowest BCUT2D eigenvalue weighted by molar-refractivity contribution is 0.404. The first-order chi connectivity index (χ1) is 11.2. The second kappa shape index (κ2) is 7.03. The van der Waals surface area contributed by atoms with Gasteiger partial charge in [0.2, 0.25) is 0 Å². The molecule has 0 bridgehead atoms. The van der Waals surface area contributed by atoms with E-state index in [-0.39, 0.29) is 0 Å². The molecule has 3 rings (SSSR count). The maximum Gasteiger partial charge on any atom is 0.176 e. The molecule has 3 nitrogen and oxygen atoms in total. The van der Waals surface area contributed by atoms with Crippen LogP contribution in [-0.4, -0.2) is 19.9 Å². The minimum atomic E-state index is 0.428. The Morgan fingerprint density at radius 2 is 2.17 bits per heavy atom. The van der Waals surface area contributed by atoms with Crippen LogP contribution < -0.4 is 4.74 Å². The average molecular weight is 311 g/mol.